The molecular weight excluding hydrogens is 462 g/mol. The van der Waals surface area contributed by atoms with Crippen molar-refractivity contribution in [3.63, 3.8) is 0 Å². The minimum absolute atomic E-state index is 0.00503. The van der Waals surface area contributed by atoms with Gasteiger partial charge < -0.3 is 19.8 Å². The van der Waals surface area contributed by atoms with Gasteiger partial charge in [0.2, 0.25) is 5.91 Å². The molecule has 0 bridgehead atoms. The van der Waals surface area contributed by atoms with Gasteiger partial charge in [0.05, 0.1) is 35.6 Å². The fraction of sp³-hybridized carbons (Fsp3) is 0.316. The number of nitro groups is 1. The van der Waals surface area contributed by atoms with Crippen LogP contribution in [-0.2, 0) is 14.3 Å². The first kappa shape index (κ1) is 23.1. The van der Waals surface area contributed by atoms with Gasteiger partial charge in [-0.3, -0.25) is 24.5 Å². The molecule has 10 nitrogen and oxygen atoms in total. The Kier molecular flexibility index (Phi) is 8.10. The molecule has 1 atom stereocenters. The summed E-state index contributed by atoms with van der Waals surface area (Å²) in [4.78, 5) is 47.2. The third-order valence-corrected chi connectivity index (χ3v) is 4.21. The summed E-state index contributed by atoms with van der Waals surface area (Å²) in [6, 6.07) is 7.71. The van der Waals surface area contributed by atoms with Crippen molar-refractivity contribution >= 4 is 39.4 Å². The van der Waals surface area contributed by atoms with Crippen molar-refractivity contribution in [1.82, 2.24) is 10.6 Å². The highest BCUT2D eigenvalue weighted by Crippen LogP contribution is 2.27. The van der Waals surface area contributed by atoms with Gasteiger partial charge in [-0.05, 0) is 41.9 Å². The van der Waals surface area contributed by atoms with Crippen LogP contribution in [0.3, 0.4) is 0 Å². The van der Waals surface area contributed by atoms with Crippen molar-refractivity contribution in [2.75, 3.05) is 6.54 Å². The Morgan fingerprint density at radius 2 is 1.90 bits per heavy atom. The molecule has 0 aliphatic heterocycles. The summed E-state index contributed by atoms with van der Waals surface area (Å²) in [5.74, 6) is -1.88. The summed E-state index contributed by atoms with van der Waals surface area (Å²) >= 11 is 3.07. The predicted octanol–water partition coefficient (Wildman–Crippen LogP) is 2.88. The number of benzene rings is 1. The van der Waals surface area contributed by atoms with Crippen molar-refractivity contribution in [2.24, 2.45) is 0 Å². The van der Waals surface area contributed by atoms with E-state index in [2.05, 4.69) is 26.6 Å². The Morgan fingerprint density at radius 3 is 2.50 bits per heavy atom. The zero-order chi connectivity index (χ0) is 22.3. The van der Waals surface area contributed by atoms with Crippen LogP contribution in [0.25, 0.3) is 0 Å². The molecule has 1 aromatic heterocycles. The first-order valence-electron chi connectivity index (χ1n) is 8.93. The van der Waals surface area contributed by atoms with Gasteiger partial charge in [-0.15, -0.1) is 0 Å². The SMILES string of the molecule is CC(C)OC(=O)CC(NC(=O)CNC(=O)c1ccc(Br)o1)c1ccccc1[N+](=O)[O-]. The van der Waals surface area contributed by atoms with Gasteiger partial charge in [0.15, 0.2) is 10.4 Å². The van der Waals surface area contributed by atoms with E-state index in [1.165, 1.54) is 30.3 Å². The van der Waals surface area contributed by atoms with Crippen LogP contribution in [0.1, 0.15) is 42.4 Å². The Balaban J connectivity index is 2.12. The lowest BCUT2D eigenvalue weighted by atomic mass is 10.0. The van der Waals surface area contributed by atoms with E-state index in [9.17, 15) is 24.5 Å². The maximum atomic E-state index is 12.4. The van der Waals surface area contributed by atoms with E-state index in [1.807, 2.05) is 0 Å². The van der Waals surface area contributed by atoms with E-state index >= 15 is 0 Å². The van der Waals surface area contributed by atoms with Gasteiger partial charge in [-0.1, -0.05) is 18.2 Å². The number of halogens is 1. The summed E-state index contributed by atoms with van der Waals surface area (Å²) in [5, 5.41) is 16.3. The van der Waals surface area contributed by atoms with Crippen LogP contribution in [-0.4, -0.2) is 35.4 Å². The predicted molar refractivity (Wildman–Crippen MR) is 109 cm³/mol. The van der Waals surface area contributed by atoms with Crippen molar-refractivity contribution in [2.45, 2.75) is 32.4 Å². The summed E-state index contributed by atoms with van der Waals surface area (Å²) in [6.45, 7) is 2.91. The van der Waals surface area contributed by atoms with Crippen LogP contribution >= 0.6 is 15.9 Å². The Morgan fingerprint density at radius 1 is 1.20 bits per heavy atom. The molecule has 0 radical (unpaired) electrons. The second-order valence-electron chi connectivity index (χ2n) is 6.47. The molecule has 0 spiro atoms. The molecule has 2 N–H and O–H groups in total. The highest BCUT2D eigenvalue weighted by atomic mass is 79.9. The number of nitrogens with zero attached hydrogens (tertiary/aromatic N) is 1. The third kappa shape index (κ3) is 6.69. The average molecular weight is 482 g/mol. The van der Waals surface area contributed by atoms with Crippen LogP contribution < -0.4 is 10.6 Å². The quantitative estimate of drug-likeness (QED) is 0.318. The fourth-order valence-electron chi connectivity index (χ4n) is 2.59. The number of nitro benzene ring substituents is 1. The highest BCUT2D eigenvalue weighted by molar-refractivity contribution is 9.10. The van der Waals surface area contributed by atoms with E-state index in [0.29, 0.717) is 4.67 Å². The number of hydrogen-bond donors (Lipinski definition) is 2. The monoisotopic (exact) mass is 481 g/mol. The van der Waals surface area contributed by atoms with E-state index in [1.54, 1.807) is 19.9 Å². The Hall–Kier alpha value is -3.21. The van der Waals surface area contributed by atoms with Gasteiger partial charge in [0.1, 0.15) is 0 Å². The standard InChI is InChI=1S/C19H20BrN3O7/c1-11(2)29-18(25)9-13(12-5-3-4-6-14(12)23(27)28)22-17(24)10-21-19(26)15-7-8-16(20)30-15/h3-8,11,13H,9-10H2,1-2H3,(H,21,26)(H,22,24). The largest absolute Gasteiger partial charge is 0.463 e. The number of carbonyl (C=O) groups is 3. The topological polar surface area (TPSA) is 141 Å². The Labute approximate surface area is 180 Å². The average Bonchev–Trinajstić information content (AvgIpc) is 3.11. The molecule has 0 fully saturated rings. The van der Waals surface area contributed by atoms with Crippen molar-refractivity contribution in [3.05, 3.63) is 62.5 Å². The minimum Gasteiger partial charge on any atom is -0.463 e. The molecule has 0 saturated heterocycles. The maximum absolute atomic E-state index is 12.4. The van der Waals surface area contributed by atoms with Crippen LogP contribution in [0.5, 0.6) is 0 Å². The molecule has 2 aromatic rings. The van der Waals surface area contributed by atoms with Crippen molar-refractivity contribution < 1.29 is 28.5 Å². The molecular formula is C19H20BrN3O7. The second kappa shape index (κ2) is 10.5. The van der Waals surface area contributed by atoms with Crippen LogP contribution in [0.2, 0.25) is 0 Å². The molecule has 2 rings (SSSR count). The summed E-state index contributed by atoms with van der Waals surface area (Å²) in [6.07, 6.45) is -0.695. The zero-order valence-electron chi connectivity index (χ0n) is 16.2. The fourth-order valence-corrected chi connectivity index (χ4v) is 2.90. The van der Waals surface area contributed by atoms with Crippen LogP contribution in [0, 0.1) is 10.1 Å². The number of amides is 2. The normalized spacial score (nSPS) is 11.6. The first-order chi connectivity index (χ1) is 14.2. The maximum Gasteiger partial charge on any atom is 0.308 e. The van der Waals surface area contributed by atoms with Crippen molar-refractivity contribution in [3.8, 4) is 0 Å². The second-order valence-corrected chi connectivity index (χ2v) is 7.25. The lowest BCUT2D eigenvalue weighted by Gasteiger charge is -2.19. The summed E-state index contributed by atoms with van der Waals surface area (Å²) in [5.41, 5.74) is -0.0949. The number of ether oxygens (including phenoxy) is 1. The minimum atomic E-state index is -1.01. The van der Waals surface area contributed by atoms with E-state index in [-0.39, 0.29) is 29.5 Å². The van der Waals surface area contributed by atoms with Gasteiger partial charge in [-0.2, -0.15) is 0 Å². The molecule has 2 amide bonds. The van der Waals surface area contributed by atoms with Gasteiger partial charge in [0.25, 0.3) is 11.6 Å². The highest BCUT2D eigenvalue weighted by Gasteiger charge is 2.26. The van der Waals surface area contributed by atoms with Crippen molar-refractivity contribution in [1.29, 1.82) is 0 Å². The molecule has 1 heterocycles. The number of esters is 1. The summed E-state index contributed by atoms with van der Waals surface area (Å²) < 4.78 is 10.6. The molecule has 30 heavy (non-hydrogen) atoms. The van der Waals surface area contributed by atoms with Gasteiger partial charge >= 0.3 is 5.97 Å². The van der Waals surface area contributed by atoms with E-state index < -0.39 is 35.3 Å². The lowest BCUT2D eigenvalue weighted by molar-refractivity contribution is -0.385. The van der Waals surface area contributed by atoms with Crippen LogP contribution in [0.4, 0.5) is 5.69 Å². The first-order valence-corrected chi connectivity index (χ1v) is 9.72. The van der Waals surface area contributed by atoms with E-state index in [4.69, 9.17) is 9.15 Å². The van der Waals surface area contributed by atoms with Gasteiger partial charge in [0, 0.05) is 6.07 Å². The molecule has 1 aromatic carbocycles. The lowest BCUT2D eigenvalue weighted by Crippen LogP contribution is -2.39. The molecule has 0 saturated carbocycles. The number of carbonyl (C=O) groups excluding carboxylic acids is 3. The third-order valence-electron chi connectivity index (χ3n) is 3.79. The Bertz CT molecular complexity index is 942. The van der Waals surface area contributed by atoms with E-state index in [0.717, 1.165) is 0 Å². The number of nitrogens with one attached hydrogen (secondary N) is 2. The number of furan rings is 1. The smallest absolute Gasteiger partial charge is 0.308 e. The number of rotatable bonds is 9. The molecule has 1 unspecified atom stereocenters. The molecule has 160 valence electrons. The molecule has 0 aliphatic carbocycles. The zero-order valence-corrected chi connectivity index (χ0v) is 17.8. The van der Waals surface area contributed by atoms with Gasteiger partial charge in [-0.25, -0.2) is 0 Å². The number of hydrogen-bond acceptors (Lipinski definition) is 7. The molecule has 0 aliphatic rings. The summed E-state index contributed by atoms with van der Waals surface area (Å²) in [7, 11) is 0. The van der Waals surface area contributed by atoms with Crippen LogP contribution in [0.15, 0.2) is 45.5 Å². The number of para-hydroxylation sites is 1. The molecule has 11 heteroatoms.